The molecule has 2 aromatic rings. The topological polar surface area (TPSA) is 70.1 Å². The van der Waals surface area contributed by atoms with Crippen molar-refractivity contribution in [2.45, 2.75) is 31.7 Å². The van der Waals surface area contributed by atoms with Gasteiger partial charge in [-0.25, -0.2) is 9.37 Å². The molecule has 5 nitrogen and oxygen atoms in total. The third kappa shape index (κ3) is 4.17. The van der Waals surface area contributed by atoms with E-state index in [1.807, 2.05) is 13.0 Å². The molecule has 3 N–H and O–H groups in total. The van der Waals surface area contributed by atoms with E-state index in [0.717, 1.165) is 24.2 Å². The Morgan fingerprint density at radius 3 is 2.78 bits per heavy atom. The highest BCUT2D eigenvalue weighted by molar-refractivity contribution is 9.10. The minimum Gasteiger partial charge on any atom is -0.394 e. The van der Waals surface area contributed by atoms with E-state index in [1.165, 1.54) is 12.1 Å². The molecule has 0 amide bonds. The van der Waals surface area contributed by atoms with Crippen molar-refractivity contribution in [2.75, 3.05) is 17.2 Å². The van der Waals surface area contributed by atoms with Gasteiger partial charge in [0, 0.05) is 22.5 Å². The number of aliphatic hydroxyl groups excluding tert-OH is 1. The van der Waals surface area contributed by atoms with E-state index in [9.17, 15) is 9.50 Å². The van der Waals surface area contributed by atoms with Crippen molar-refractivity contribution in [3.05, 3.63) is 40.2 Å². The second-order valence-corrected chi connectivity index (χ2v) is 6.61. The van der Waals surface area contributed by atoms with Gasteiger partial charge in [-0.1, -0.05) is 0 Å². The fraction of sp³-hybridized carbons (Fsp3) is 0.375. The maximum Gasteiger partial charge on any atom is 0.225 e. The van der Waals surface area contributed by atoms with Crippen molar-refractivity contribution in [3.63, 3.8) is 0 Å². The van der Waals surface area contributed by atoms with Crippen LogP contribution in [0.1, 0.15) is 31.4 Å². The summed E-state index contributed by atoms with van der Waals surface area (Å²) in [4.78, 5) is 8.95. The van der Waals surface area contributed by atoms with Gasteiger partial charge >= 0.3 is 0 Å². The van der Waals surface area contributed by atoms with Gasteiger partial charge in [0.1, 0.15) is 11.6 Å². The number of benzene rings is 1. The van der Waals surface area contributed by atoms with Crippen LogP contribution in [0, 0.1) is 5.82 Å². The van der Waals surface area contributed by atoms with Crippen LogP contribution < -0.4 is 10.6 Å². The molecule has 1 aliphatic rings. The Bertz CT molecular complexity index is 708. The summed E-state index contributed by atoms with van der Waals surface area (Å²) in [5, 5.41) is 15.4. The summed E-state index contributed by atoms with van der Waals surface area (Å²) in [5.74, 6) is 1.29. The molecule has 0 spiro atoms. The Morgan fingerprint density at radius 2 is 2.13 bits per heavy atom. The number of anilines is 3. The monoisotopic (exact) mass is 380 g/mol. The summed E-state index contributed by atoms with van der Waals surface area (Å²) in [5.41, 5.74) is 1.71. The summed E-state index contributed by atoms with van der Waals surface area (Å²) in [6, 6.07) is 6.24. The first-order valence-electron chi connectivity index (χ1n) is 7.53. The zero-order chi connectivity index (χ0) is 16.4. The van der Waals surface area contributed by atoms with E-state index in [4.69, 9.17) is 0 Å². The summed E-state index contributed by atoms with van der Waals surface area (Å²) >= 11 is 3.34. The van der Waals surface area contributed by atoms with Crippen molar-refractivity contribution in [2.24, 2.45) is 0 Å². The van der Waals surface area contributed by atoms with Crippen LogP contribution in [0.25, 0.3) is 0 Å². The average molecular weight is 381 g/mol. The number of nitrogens with zero attached hydrogens (tertiary/aromatic N) is 2. The van der Waals surface area contributed by atoms with Crippen LogP contribution in [0.4, 0.5) is 21.8 Å². The van der Waals surface area contributed by atoms with Gasteiger partial charge in [0.25, 0.3) is 0 Å². The first-order valence-corrected chi connectivity index (χ1v) is 8.33. The van der Waals surface area contributed by atoms with Gasteiger partial charge in [-0.3, -0.25) is 0 Å². The molecule has 3 rings (SSSR count). The normalized spacial score (nSPS) is 15.3. The molecule has 1 aromatic heterocycles. The molecule has 1 aromatic carbocycles. The molecule has 122 valence electrons. The average Bonchev–Trinajstić information content (AvgIpc) is 3.34. The Kier molecular flexibility index (Phi) is 4.77. The minimum atomic E-state index is -0.303. The smallest absolute Gasteiger partial charge is 0.225 e. The predicted octanol–water partition coefficient (Wildman–Crippen LogP) is 3.79. The Labute approximate surface area is 142 Å². The molecule has 0 radical (unpaired) electrons. The summed E-state index contributed by atoms with van der Waals surface area (Å²) in [6.45, 7) is 1.86. The molecule has 1 aliphatic carbocycles. The molecule has 0 aliphatic heterocycles. The molecule has 1 fully saturated rings. The van der Waals surface area contributed by atoms with Crippen LogP contribution in [-0.4, -0.2) is 27.7 Å². The number of hydrogen-bond donors (Lipinski definition) is 3. The molecular weight excluding hydrogens is 363 g/mol. The quantitative estimate of drug-likeness (QED) is 0.710. The van der Waals surface area contributed by atoms with Gasteiger partial charge in [-0.15, -0.1) is 0 Å². The first kappa shape index (κ1) is 16.1. The molecule has 7 heteroatoms. The zero-order valence-electron chi connectivity index (χ0n) is 12.7. The van der Waals surface area contributed by atoms with Crippen LogP contribution >= 0.6 is 15.9 Å². The highest BCUT2D eigenvalue weighted by Gasteiger charge is 2.26. The lowest BCUT2D eigenvalue weighted by Gasteiger charge is -2.14. The SMILES string of the molecule is C[C@H](CO)Nc1nc(Nc2ccc(F)cc2Br)cc(C2CC2)n1. The summed E-state index contributed by atoms with van der Waals surface area (Å²) in [7, 11) is 0. The van der Waals surface area contributed by atoms with Crippen LogP contribution in [0.15, 0.2) is 28.7 Å². The molecule has 0 saturated heterocycles. The van der Waals surface area contributed by atoms with Crippen molar-refractivity contribution in [3.8, 4) is 0 Å². The van der Waals surface area contributed by atoms with E-state index >= 15 is 0 Å². The Morgan fingerprint density at radius 1 is 1.35 bits per heavy atom. The van der Waals surface area contributed by atoms with Crippen LogP contribution in [0.5, 0.6) is 0 Å². The lowest BCUT2D eigenvalue weighted by Crippen LogP contribution is -2.21. The largest absolute Gasteiger partial charge is 0.394 e. The number of rotatable bonds is 6. The fourth-order valence-electron chi connectivity index (χ4n) is 2.18. The second kappa shape index (κ2) is 6.80. The van der Waals surface area contributed by atoms with Gasteiger partial charge in [-0.05, 0) is 53.9 Å². The van der Waals surface area contributed by atoms with Crippen molar-refractivity contribution in [1.82, 2.24) is 9.97 Å². The highest BCUT2D eigenvalue weighted by Crippen LogP contribution is 2.40. The number of hydrogen-bond acceptors (Lipinski definition) is 5. The van der Waals surface area contributed by atoms with E-state index in [2.05, 4.69) is 36.5 Å². The summed E-state index contributed by atoms with van der Waals surface area (Å²) < 4.78 is 13.8. The molecule has 1 saturated carbocycles. The van der Waals surface area contributed by atoms with Crippen LogP contribution in [0.2, 0.25) is 0 Å². The summed E-state index contributed by atoms with van der Waals surface area (Å²) in [6.07, 6.45) is 2.26. The molecular formula is C16H18BrFN4O. The second-order valence-electron chi connectivity index (χ2n) is 5.75. The molecule has 0 unspecified atom stereocenters. The van der Waals surface area contributed by atoms with E-state index in [0.29, 0.717) is 22.2 Å². The third-order valence-corrected chi connectivity index (χ3v) is 4.24. The lowest BCUT2D eigenvalue weighted by molar-refractivity contribution is 0.281. The number of aromatic nitrogens is 2. The molecule has 1 atom stereocenters. The highest BCUT2D eigenvalue weighted by atomic mass is 79.9. The molecule has 1 heterocycles. The Balaban J connectivity index is 1.87. The number of aliphatic hydroxyl groups is 1. The van der Waals surface area contributed by atoms with E-state index in [1.54, 1.807) is 6.07 Å². The van der Waals surface area contributed by atoms with E-state index in [-0.39, 0.29) is 18.5 Å². The van der Waals surface area contributed by atoms with Crippen molar-refractivity contribution < 1.29 is 9.50 Å². The van der Waals surface area contributed by atoms with Gasteiger partial charge in [-0.2, -0.15) is 4.98 Å². The maximum absolute atomic E-state index is 13.2. The van der Waals surface area contributed by atoms with Crippen LogP contribution in [-0.2, 0) is 0 Å². The third-order valence-electron chi connectivity index (χ3n) is 3.58. The lowest BCUT2D eigenvalue weighted by atomic mass is 10.2. The number of nitrogens with one attached hydrogen (secondary N) is 2. The van der Waals surface area contributed by atoms with Gasteiger partial charge in [0.2, 0.25) is 5.95 Å². The van der Waals surface area contributed by atoms with Crippen molar-refractivity contribution in [1.29, 1.82) is 0 Å². The predicted molar refractivity (Wildman–Crippen MR) is 91.6 cm³/mol. The van der Waals surface area contributed by atoms with Gasteiger partial charge in [0.05, 0.1) is 18.0 Å². The van der Waals surface area contributed by atoms with Crippen molar-refractivity contribution >= 4 is 33.4 Å². The fourth-order valence-corrected chi connectivity index (χ4v) is 2.63. The Hall–Kier alpha value is -1.73. The molecule has 23 heavy (non-hydrogen) atoms. The number of halogens is 2. The van der Waals surface area contributed by atoms with Gasteiger partial charge < -0.3 is 15.7 Å². The minimum absolute atomic E-state index is 0.00326. The zero-order valence-corrected chi connectivity index (χ0v) is 14.3. The first-order chi connectivity index (χ1) is 11.0. The molecule has 0 bridgehead atoms. The maximum atomic E-state index is 13.2. The standard InChI is InChI=1S/C16H18BrFN4O/c1-9(8-23)19-16-21-14(10-2-3-10)7-15(22-16)20-13-5-4-11(18)6-12(13)17/h4-7,9-10,23H,2-3,8H2,1H3,(H2,19,20,21,22)/t9-/m1/s1. The van der Waals surface area contributed by atoms with Gasteiger partial charge in [0.15, 0.2) is 0 Å². The van der Waals surface area contributed by atoms with Crippen LogP contribution in [0.3, 0.4) is 0 Å². The van der Waals surface area contributed by atoms with E-state index < -0.39 is 0 Å².